The first kappa shape index (κ1) is 19.8. The molecular weight excluding hydrogens is 395 g/mol. The lowest BCUT2D eigenvalue weighted by Crippen LogP contribution is -2.26. The molecule has 0 aliphatic rings. The van der Waals surface area contributed by atoms with Crippen LogP contribution in [0.4, 0.5) is 0 Å². The average Bonchev–Trinajstić information content (AvgIpc) is 3.17. The van der Waals surface area contributed by atoms with E-state index in [4.69, 9.17) is 27.6 Å². The zero-order chi connectivity index (χ0) is 19.9. The molecule has 0 unspecified atom stereocenters. The van der Waals surface area contributed by atoms with Crippen LogP contribution in [0.2, 0.25) is 10.0 Å². The van der Waals surface area contributed by atoms with E-state index in [1.807, 2.05) is 36.4 Å². The summed E-state index contributed by atoms with van der Waals surface area (Å²) in [6.45, 7) is 0.439. The molecule has 0 saturated carbocycles. The molecule has 3 aromatic rings. The number of halogens is 2. The number of hydrogen-bond donors (Lipinski definition) is 1. The predicted octanol–water partition coefficient (Wildman–Crippen LogP) is 5.52. The molecule has 0 atom stereocenters. The van der Waals surface area contributed by atoms with E-state index in [0.717, 1.165) is 11.1 Å². The molecule has 4 nitrogen and oxygen atoms in total. The van der Waals surface area contributed by atoms with Crippen molar-refractivity contribution in [1.82, 2.24) is 5.32 Å². The summed E-state index contributed by atoms with van der Waals surface area (Å²) < 4.78 is 5.71. The van der Waals surface area contributed by atoms with E-state index in [9.17, 15) is 10.1 Å². The molecule has 0 aliphatic heterocycles. The molecule has 0 saturated heterocycles. The smallest absolute Gasteiger partial charge is 0.262 e. The third-order valence-corrected chi connectivity index (χ3v) is 4.76. The molecule has 6 heteroatoms. The minimum absolute atomic E-state index is 0.0249. The molecule has 1 N–H and O–H groups in total. The summed E-state index contributed by atoms with van der Waals surface area (Å²) in [4.78, 5) is 12.3. The van der Waals surface area contributed by atoms with Crippen LogP contribution < -0.4 is 5.32 Å². The molecular formula is C22H16Cl2N2O2. The van der Waals surface area contributed by atoms with Crippen molar-refractivity contribution in [2.75, 3.05) is 6.54 Å². The first-order chi connectivity index (χ1) is 13.6. The summed E-state index contributed by atoms with van der Waals surface area (Å²) in [5, 5.41) is 12.9. The average molecular weight is 411 g/mol. The van der Waals surface area contributed by atoms with Gasteiger partial charge in [-0.1, -0.05) is 53.5 Å². The molecule has 0 bridgehead atoms. The summed E-state index contributed by atoms with van der Waals surface area (Å²) in [6.07, 6.45) is 2.10. The summed E-state index contributed by atoms with van der Waals surface area (Å²) in [5.41, 5.74) is 1.84. The highest BCUT2D eigenvalue weighted by Crippen LogP contribution is 2.30. The molecule has 140 valence electrons. The fourth-order valence-electron chi connectivity index (χ4n) is 2.59. The number of benzene rings is 2. The van der Waals surface area contributed by atoms with E-state index in [0.29, 0.717) is 34.5 Å². The third kappa shape index (κ3) is 5.04. The number of rotatable bonds is 6. The molecule has 0 fully saturated rings. The predicted molar refractivity (Wildman–Crippen MR) is 111 cm³/mol. The maximum atomic E-state index is 12.3. The van der Waals surface area contributed by atoms with E-state index in [1.54, 1.807) is 30.3 Å². The van der Waals surface area contributed by atoms with Crippen LogP contribution in [-0.2, 0) is 11.2 Å². The summed E-state index contributed by atoms with van der Waals surface area (Å²) >= 11 is 12.0. The fraction of sp³-hybridized carbons (Fsp3) is 0.0909. The molecule has 3 rings (SSSR count). The Morgan fingerprint density at radius 3 is 2.57 bits per heavy atom. The van der Waals surface area contributed by atoms with E-state index < -0.39 is 5.91 Å². The lowest BCUT2D eigenvalue weighted by molar-refractivity contribution is -0.117. The first-order valence-electron chi connectivity index (χ1n) is 8.56. The minimum Gasteiger partial charge on any atom is -0.457 e. The normalized spacial score (nSPS) is 11.1. The zero-order valence-corrected chi connectivity index (χ0v) is 16.3. The van der Waals surface area contributed by atoms with Crippen LogP contribution in [0.1, 0.15) is 11.3 Å². The number of nitriles is 1. The lowest BCUT2D eigenvalue weighted by Gasteiger charge is -2.04. The molecule has 0 radical (unpaired) electrons. The van der Waals surface area contributed by atoms with E-state index in [2.05, 4.69) is 5.32 Å². The minimum atomic E-state index is -0.439. The Morgan fingerprint density at radius 1 is 1.07 bits per heavy atom. The fourth-order valence-corrected chi connectivity index (χ4v) is 2.88. The van der Waals surface area contributed by atoms with Gasteiger partial charge in [-0.3, -0.25) is 4.79 Å². The van der Waals surface area contributed by atoms with E-state index in [-0.39, 0.29) is 5.57 Å². The number of amides is 1. The monoisotopic (exact) mass is 410 g/mol. The Bertz CT molecular complexity index is 1050. The van der Waals surface area contributed by atoms with Crippen molar-refractivity contribution < 1.29 is 9.21 Å². The Balaban J connectivity index is 1.67. The Labute approximate surface area is 173 Å². The SMILES string of the molecule is N#C/C(=C\c1ccc(-c2ccc(Cl)c(Cl)c2)o1)C(=O)NCCc1ccccc1. The second-order valence-electron chi connectivity index (χ2n) is 5.99. The van der Waals surface area contributed by atoms with Gasteiger partial charge >= 0.3 is 0 Å². The number of carbonyl (C=O) groups is 1. The van der Waals surface area contributed by atoms with Crippen molar-refractivity contribution in [3.8, 4) is 17.4 Å². The maximum absolute atomic E-state index is 12.3. The molecule has 0 aliphatic carbocycles. The van der Waals surface area contributed by atoms with Gasteiger partial charge < -0.3 is 9.73 Å². The van der Waals surface area contributed by atoms with Gasteiger partial charge in [-0.25, -0.2) is 0 Å². The van der Waals surface area contributed by atoms with E-state index in [1.165, 1.54) is 6.08 Å². The maximum Gasteiger partial charge on any atom is 0.262 e. The van der Waals surface area contributed by atoms with Gasteiger partial charge in [0.2, 0.25) is 0 Å². The van der Waals surface area contributed by atoms with Gasteiger partial charge in [0, 0.05) is 18.2 Å². The highest BCUT2D eigenvalue weighted by molar-refractivity contribution is 6.42. The Morgan fingerprint density at radius 2 is 1.86 bits per heavy atom. The van der Waals surface area contributed by atoms with Crippen LogP contribution in [0, 0.1) is 11.3 Å². The van der Waals surface area contributed by atoms with Crippen molar-refractivity contribution in [1.29, 1.82) is 5.26 Å². The number of hydrogen-bond acceptors (Lipinski definition) is 3. The van der Waals surface area contributed by atoms with Crippen LogP contribution in [0.15, 0.2) is 70.7 Å². The second-order valence-corrected chi connectivity index (χ2v) is 6.81. The Hall–Kier alpha value is -3.00. The van der Waals surface area contributed by atoms with E-state index >= 15 is 0 Å². The third-order valence-electron chi connectivity index (χ3n) is 4.02. The van der Waals surface area contributed by atoms with Gasteiger partial charge in [-0.15, -0.1) is 0 Å². The van der Waals surface area contributed by atoms with Crippen molar-refractivity contribution in [2.45, 2.75) is 6.42 Å². The van der Waals surface area contributed by atoms with Crippen LogP contribution in [0.3, 0.4) is 0 Å². The summed E-state index contributed by atoms with van der Waals surface area (Å²) in [7, 11) is 0. The van der Waals surface area contributed by atoms with Crippen molar-refractivity contribution in [3.05, 3.63) is 87.6 Å². The van der Waals surface area contributed by atoms with Gasteiger partial charge in [0.05, 0.1) is 10.0 Å². The van der Waals surface area contributed by atoms with Gasteiger partial charge in [-0.05, 0) is 42.3 Å². The number of furan rings is 1. The van der Waals surface area contributed by atoms with Crippen LogP contribution in [0.25, 0.3) is 17.4 Å². The second kappa shape index (κ2) is 9.27. The molecule has 1 aromatic heterocycles. The van der Waals surface area contributed by atoms with Crippen molar-refractivity contribution >= 4 is 35.2 Å². The molecule has 0 spiro atoms. The molecule has 1 amide bonds. The van der Waals surface area contributed by atoms with Crippen molar-refractivity contribution in [2.24, 2.45) is 0 Å². The first-order valence-corrected chi connectivity index (χ1v) is 9.31. The highest BCUT2D eigenvalue weighted by Gasteiger charge is 2.11. The van der Waals surface area contributed by atoms with Gasteiger partial charge in [0.25, 0.3) is 5.91 Å². The summed E-state index contributed by atoms with van der Waals surface area (Å²) in [5.74, 6) is 0.522. The molecule has 1 heterocycles. The van der Waals surface area contributed by atoms with Crippen LogP contribution in [0.5, 0.6) is 0 Å². The topological polar surface area (TPSA) is 66.0 Å². The quantitative estimate of drug-likeness (QED) is 0.429. The highest BCUT2D eigenvalue weighted by atomic mass is 35.5. The Kier molecular flexibility index (Phi) is 6.54. The van der Waals surface area contributed by atoms with Gasteiger partial charge in [0.15, 0.2) is 0 Å². The number of carbonyl (C=O) groups excluding carboxylic acids is 1. The molecule has 28 heavy (non-hydrogen) atoms. The van der Waals surface area contributed by atoms with Gasteiger partial charge in [-0.2, -0.15) is 5.26 Å². The van der Waals surface area contributed by atoms with Crippen molar-refractivity contribution in [3.63, 3.8) is 0 Å². The summed E-state index contributed by atoms with van der Waals surface area (Å²) in [6, 6.07) is 20.3. The van der Waals surface area contributed by atoms with Crippen LogP contribution >= 0.6 is 23.2 Å². The molecule has 2 aromatic carbocycles. The largest absolute Gasteiger partial charge is 0.457 e. The number of nitrogens with one attached hydrogen (secondary N) is 1. The van der Waals surface area contributed by atoms with Gasteiger partial charge in [0.1, 0.15) is 23.2 Å². The zero-order valence-electron chi connectivity index (χ0n) is 14.8. The van der Waals surface area contributed by atoms with Crippen LogP contribution in [-0.4, -0.2) is 12.5 Å². The lowest BCUT2D eigenvalue weighted by atomic mass is 10.1. The standard InChI is InChI=1S/C22H16Cl2N2O2/c23-19-8-6-16(13-20(19)24)21-9-7-18(28-21)12-17(14-25)22(27)26-11-10-15-4-2-1-3-5-15/h1-9,12-13H,10-11H2,(H,26,27)/b17-12+. The number of nitrogens with zero attached hydrogens (tertiary/aromatic N) is 1.